The summed E-state index contributed by atoms with van der Waals surface area (Å²) in [6.45, 7) is 0. The Morgan fingerprint density at radius 3 is 2.71 bits per heavy atom. The van der Waals surface area contributed by atoms with E-state index in [0.717, 1.165) is 10.0 Å². The first-order chi connectivity index (χ1) is 11.6. The van der Waals surface area contributed by atoms with Crippen LogP contribution in [0.2, 0.25) is 0 Å². The Morgan fingerprint density at radius 2 is 1.92 bits per heavy atom. The van der Waals surface area contributed by atoms with Gasteiger partial charge in [0.2, 0.25) is 0 Å². The van der Waals surface area contributed by atoms with Crippen molar-refractivity contribution in [2.45, 2.75) is 0 Å². The number of phenols is 1. The van der Waals surface area contributed by atoms with E-state index in [1.807, 2.05) is 30.3 Å². The Balaban J connectivity index is 1.78. The van der Waals surface area contributed by atoms with Gasteiger partial charge in [-0.05, 0) is 28.1 Å². The fourth-order valence-corrected chi connectivity index (χ4v) is 3.20. The van der Waals surface area contributed by atoms with Crippen molar-refractivity contribution >= 4 is 44.0 Å². The molecule has 1 heterocycles. The van der Waals surface area contributed by atoms with E-state index in [1.165, 1.54) is 6.21 Å². The summed E-state index contributed by atoms with van der Waals surface area (Å²) in [5, 5.41) is 21.8. The number of halogens is 2. The van der Waals surface area contributed by atoms with E-state index in [2.05, 4.69) is 57.6 Å². The third-order valence-electron chi connectivity index (χ3n) is 3.05. The van der Waals surface area contributed by atoms with Crippen molar-refractivity contribution in [2.75, 3.05) is 5.43 Å². The Morgan fingerprint density at radius 1 is 1.12 bits per heavy atom. The lowest BCUT2D eigenvalue weighted by atomic mass is 10.2. The highest BCUT2D eigenvalue weighted by Gasteiger charge is 2.06. The van der Waals surface area contributed by atoms with Gasteiger partial charge in [-0.1, -0.05) is 46.3 Å². The number of hydrazone groups is 1. The number of phenolic OH excluding ortho intramolecular Hbond substituents is 1. The molecule has 0 aliphatic heterocycles. The molecule has 24 heavy (non-hydrogen) atoms. The van der Waals surface area contributed by atoms with Crippen LogP contribution in [0.5, 0.6) is 5.75 Å². The van der Waals surface area contributed by atoms with Crippen molar-refractivity contribution < 1.29 is 5.11 Å². The zero-order chi connectivity index (χ0) is 16.9. The Hall–Kier alpha value is -2.32. The lowest BCUT2D eigenvalue weighted by Gasteiger charge is -2.04. The van der Waals surface area contributed by atoms with Gasteiger partial charge in [0.1, 0.15) is 5.75 Å². The third kappa shape index (κ3) is 3.95. The van der Waals surface area contributed by atoms with Crippen LogP contribution in [0.3, 0.4) is 0 Å². The Labute approximate surface area is 154 Å². The molecular formula is C16H11Br2N5O. The number of hydrogen-bond donors (Lipinski definition) is 2. The molecule has 0 saturated heterocycles. The van der Waals surface area contributed by atoms with Gasteiger partial charge in [-0.3, -0.25) is 0 Å². The van der Waals surface area contributed by atoms with E-state index in [1.54, 1.807) is 18.3 Å². The molecule has 0 spiro atoms. The molecule has 3 rings (SSSR count). The predicted molar refractivity (Wildman–Crippen MR) is 100.0 cm³/mol. The van der Waals surface area contributed by atoms with Crippen LogP contribution in [0.1, 0.15) is 5.56 Å². The van der Waals surface area contributed by atoms with Gasteiger partial charge < -0.3 is 5.11 Å². The maximum atomic E-state index is 9.98. The number of anilines is 1. The number of hydrogen-bond acceptors (Lipinski definition) is 6. The van der Waals surface area contributed by atoms with Crippen LogP contribution in [0, 0.1) is 0 Å². The molecule has 2 aromatic carbocycles. The van der Waals surface area contributed by atoms with Crippen molar-refractivity contribution in [3.63, 3.8) is 0 Å². The summed E-state index contributed by atoms with van der Waals surface area (Å²) in [5.74, 6) is 0.363. The number of nitrogens with one attached hydrogen (secondary N) is 1. The SMILES string of the molecule is Oc1c(Br)cc(Br)cc1/C=N/Nc1nncc(-c2ccccc2)n1. The predicted octanol–water partition coefficient (Wildman–Crippen LogP) is 4.22. The number of aromatic nitrogens is 3. The topological polar surface area (TPSA) is 83.3 Å². The highest BCUT2D eigenvalue weighted by molar-refractivity contribution is 9.11. The number of rotatable bonds is 4. The minimum atomic E-state index is 0.0980. The average Bonchev–Trinajstić information content (AvgIpc) is 2.60. The van der Waals surface area contributed by atoms with Crippen LogP contribution in [0.15, 0.2) is 62.7 Å². The summed E-state index contributed by atoms with van der Waals surface area (Å²) in [7, 11) is 0. The zero-order valence-electron chi connectivity index (χ0n) is 12.2. The second-order valence-corrected chi connectivity index (χ2v) is 6.50. The van der Waals surface area contributed by atoms with Gasteiger partial charge in [0.05, 0.1) is 22.6 Å². The lowest BCUT2D eigenvalue weighted by Crippen LogP contribution is -2.00. The molecule has 0 unspecified atom stereocenters. The van der Waals surface area contributed by atoms with Crippen molar-refractivity contribution in [1.82, 2.24) is 15.2 Å². The maximum absolute atomic E-state index is 9.98. The minimum absolute atomic E-state index is 0.0980. The summed E-state index contributed by atoms with van der Waals surface area (Å²) in [6, 6.07) is 13.2. The Kier molecular flexibility index (Phi) is 5.17. The van der Waals surface area contributed by atoms with Crippen LogP contribution in [0.4, 0.5) is 5.95 Å². The quantitative estimate of drug-likeness (QED) is 0.461. The molecule has 0 aliphatic rings. The van der Waals surface area contributed by atoms with Crippen LogP contribution >= 0.6 is 31.9 Å². The van der Waals surface area contributed by atoms with Crippen molar-refractivity contribution in [2.24, 2.45) is 5.10 Å². The first kappa shape index (κ1) is 16.5. The van der Waals surface area contributed by atoms with Crippen molar-refractivity contribution in [3.8, 4) is 17.0 Å². The molecule has 0 atom stereocenters. The van der Waals surface area contributed by atoms with Gasteiger partial charge >= 0.3 is 0 Å². The van der Waals surface area contributed by atoms with Crippen molar-refractivity contribution in [1.29, 1.82) is 0 Å². The van der Waals surface area contributed by atoms with E-state index in [-0.39, 0.29) is 11.7 Å². The van der Waals surface area contributed by atoms with E-state index in [0.29, 0.717) is 15.7 Å². The van der Waals surface area contributed by atoms with Crippen LogP contribution in [-0.2, 0) is 0 Å². The number of benzene rings is 2. The summed E-state index contributed by atoms with van der Waals surface area (Å²) < 4.78 is 1.39. The van der Waals surface area contributed by atoms with Crippen LogP contribution in [-0.4, -0.2) is 26.5 Å². The second-order valence-electron chi connectivity index (χ2n) is 4.73. The molecular weight excluding hydrogens is 438 g/mol. The maximum Gasteiger partial charge on any atom is 0.263 e. The summed E-state index contributed by atoms with van der Waals surface area (Å²) in [4.78, 5) is 4.35. The largest absolute Gasteiger partial charge is 0.506 e. The minimum Gasteiger partial charge on any atom is -0.506 e. The molecule has 1 aromatic heterocycles. The smallest absolute Gasteiger partial charge is 0.263 e. The van der Waals surface area contributed by atoms with Gasteiger partial charge in [0.15, 0.2) is 0 Å². The van der Waals surface area contributed by atoms with Crippen LogP contribution < -0.4 is 5.43 Å². The molecule has 0 radical (unpaired) electrons. The van der Waals surface area contributed by atoms with Gasteiger partial charge in [-0.15, -0.1) is 5.10 Å². The zero-order valence-corrected chi connectivity index (χ0v) is 15.4. The van der Waals surface area contributed by atoms with Gasteiger partial charge in [-0.2, -0.15) is 10.2 Å². The first-order valence-electron chi connectivity index (χ1n) is 6.86. The van der Waals surface area contributed by atoms with E-state index >= 15 is 0 Å². The molecule has 8 heteroatoms. The third-order valence-corrected chi connectivity index (χ3v) is 4.12. The van der Waals surface area contributed by atoms with Crippen LogP contribution in [0.25, 0.3) is 11.3 Å². The summed E-state index contributed by atoms with van der Waals surface area (Å²) in [6.07, 6.45) is 3.06. The number of aromatic hydroxyl groups is 1. The Bertz CT molecular complexity index is 887. The summed E-state index contributed by atoms with van der Waals surface area (Å²) in [5.41, 5.74) is 4.88. The second kappa shape index (κ2) is 7.50. The fraction of sp³-hybridized carbons (Fsp3) is 0. The van der Waals surface area contributed by atoms with Gasteiger partial charge in [0.25, 0.3) is 5.95 Å². The average molecular weight is 449 g/mol. The van der Waals surface area contributed by atoms with Gasteiger partial charge in [-0.25, -0.2) is 10.4 Å². The highest BCUT2D eigenvalue weighted by Crippen LogP contribution is 2.30. The molecule has 0 fully saturated rings. The normalized spacial score (nSPS) is 10.9. The fourth-order valence-electron chi connectivity index (χ4n) is 1.94. The van der Waals surface area contributed by atoms with Gasteiger partial charge in [0, 0.05) is 15.6 Å². The molecule has 120 valence electrons. The molecule has 0 amide bonds. The molecule has 0 bridgehead atoms. The summed E-state index contributed by atoms with van der Waals surface area (Å²) >= 11 is 6.63. The highest BCUT2D eigenvalue weighted by atomic mass is 79.9. The van der Waals surface area contributed by atoms with Crippen molar-refractivity contribution in [3.05, 3.63) is 63.2 Å². The molecule has 0 saturated carbocycles. The first-order valence-corrected chi connectivity index (χ1v) is 8.44. The monoisotopic (exact) mass is 447 g/mol. The van der Waals surface area contributed by atoms with E-state index < -0.39 is 0 Å². The molecule has 3 aromatic rings. The lowest BCUT2D eigenvalue weighted by molar-refractivity contribution is 0.471. The number of nitrogens with zero attached hydrogens (tertiary/aromatic N) is 4. The molecule has 2 N–H and O–H groups in total. The van der Waals surface area contributed by atoms with E-state index in [4.69, 9.17) is 0 Å². The standard InChI is InChI=1S/C16H11Br2N5O/c17-12-6-11(15(24)13(18)7-12)8-19-22-16-21-14(9-20-23-16)10-4-2-1-3-5-10/h1-9,24H,(H,21,22,23)/b19-8+. The molecule has 0 aliphatic carbocycles. The molecule has 6 nitrogen and oxygen atoms in total. The van der Waals surface area contributed by atoms with E-state index in [9.17, 15) is 5.11 Å².